The number of benzene rings is 1. The van der Waals surface area contributed by atoms with Crippen molar-refractivity contribution in [2.45, 2.75) is 70.6 Å². The molecule has 2 atom stereocenters. The molecule has 0 bridgehead atoms. The van der Waals surface area contributed by atoms with Crippen LogP contribution in [-0.2, 0) is 11.3 Å². The van der Waals surface area contributed by atoms with Crippen LogP contribution in [0.15, 0.2) is 28.8 Å². The maximum Gasteiger partial charge on any atom is 0.249 e. The van der Waals surface area contributed by atoms with E-state index in [0.717, 1.165) is 56.0 Å². The minimum Gasteiger partial charge on any atom is -0.495 e. The second-order valence-corrected chi connectivity index (χ2v) is 11.2. The largest absolute Gasteiger partial charge is 0.495 e. The molecule has 0 radical (unpaired) electrons. The van der Waals surface area contributed by atoms with Gasteiger partial charge in [-0.2, -0.15) is 4.98 Å². The van der Waals surface area contributed by atoms with Gasteiger partial charge >= 0.3 is 0 Å². The highest BCUT2D eigenvalue weighted by atomic mass is 16.5. The number of nitrogens with one attached hydrogen (secondary N) is 2. The molecule has 41 heavy (non-hydrogen) atoms. The van der Waals surface area contributed by atoms with Gasteiger partial charge in [0.15, 0.2) is 5.82 Å². The van der Waals surface area contributed by atoms with Crippen molar-refractivity contribution in [3.63, 3.8) is 0 Å². The van der Waals surface area contributed by atoms with Crippen LogP contribution >= 0.6 is 0 Å². The molecule has 2 unspecified atom stereocenters. The molecule has 0 spiro atoms. The number of amides is 1. The molecule has 2 aliphatic heterocycles. The molecule has 1 saturated carbocycles. The molecule has 218 valence electrons. The van der Waals surface area contributed by atoms with Crippen LogP contribution in [0.4, 0.5) is 23.1 Å². The Balaban J connectivity index is 1.23. The Morgan fingerprint density at radius 3 is 2.80 bits per heavy atom. The number of carbonyl (C=O) groups excluding carboxylic acids is 1. The molecule has 12 heteroatoms. The third kappa shape index (κ3) is 5.45. The zero-order valence-electron chi connectivity index (χ0n) is 24.3. The van der Waals surface area contributed by atoms with Gasteiger partial charge in [-0.25, -0.2) is 4.98 Å². The van der Waals surface area contributed by atoms with Gasteiger partial charge in [0, 0.05) is 44.3 Å². The zero-order chi connectivity index (χ0) is 28.5. The number of methoxy groups -OCH3 is 1. The highest BCUT2D eigenvalue weighted by Gasteiger charge is 2.41. The first-order chi connectivity index (χ1) is 19.9. The molecule has 2 fully saturated rings. The van der Waals surface area contributed by atoms with Crippen LogP contribution in [0.5, 0.6) is 5.75 Å². The van der Waals surface area contributed by atoms with E-state index in [4.69, 9.17) is 14.1 Å². The van der Waals surface area contributed by atoms with E-state index in [1.165, 1.54) is 12.8 Å². The number of rotatable bonds is 8. The average Bonchev–Trinajstić information content (AvgIpc) is 3.68. The molecule has 12 nitrogen and oxygen atoms in total. The number of likely N-dealkylation sites (N-methyl/N-ethyl adjacent to an activating group) is 1. The summed E-state index contributed by atoms with van der Waals surface area (Å²) in [6, 6.07) is 6.21. The normalized spacial score (nSPS) is 21.8. The summed E-state index contributed by atoms with van der Waals surface area (Å²) in [4.78, 5) is 28.9. The smallest absolute Gasteiger partial charge is 0.249 e. The first kappa shape index (κ1) is 27.4. The van der Waals surface area contributed by atoms with Gasteiger partial charge in [-0.3, -0.25) is 9.69 Å². The predicted molar refractivity (Wildman–Crippen MR) is 157 cm³/mol. The van der Waals surface area contributed by atoms with Gasteiger partial charge < -0.3 is 29.6 Å². The summed E-state index contributed by atoms with van der Waals surface area (Å²) < 4.78 is 11.7. The number of anilines is 4. The molecular weight excluding hydrogens is 522 g/mol. The van der Waals surface area contributed by atoms with Crippen molar-refractivity contribution in [1.82, 2.24) is 30.4 Å². The van der Waals surface area contributed by atoms with E-state index in [1.807, 2.05) is 18.2 Å². The minimum absolute atomic E-state index is 0.0974. The Bertz CT molecular complexity index is 1390. The molecule has 1 aliphatic carbocycles. The Morgan fingerprint density at radius 1 is 1.22 bits per heavy atom. The second-order valence-electron chi connectivity index (χ2n) is 11.2. The van der Waals surface area contributed by atoms with Crippen molar-refractivity contribution in [3.8, 4) is 17.2 Å². The Morgan fingerprint density at radius 2 is 2.05 bits per heavy atom. The molecule has 1 saturated heterocycles. The summed E-state index contributed by atoms with van der Waals surface area (Å²) in [6.07, 6.45) is 6.95. The Labute approximate surface area is 240 Å². The summed E-state index contributed by atoms with van der Waals surface area (Å²) in [5, 5.41) is 15.3. The van der Waals surface area contributed by atoms with Gasteiger partial charge in [-0.15, -0.1) is 10.2 Å². The van der Waals surface area contributed by atoms with E-state index in [0.29, 0.717) is 47.8 Å². The summed E-state index contributed by atoms with van der Waals surface area (Å²) in [7, 11) is 3.43. The van der Waals surface area contributed by atoms with Gasteiger partial charge in [-0.1, -0.05) is 19.8 Å². The monoisotopic (exact) mass is 561 g/mol. The van der Waals surface area contributed by atoms with Crippen LogP contribution in [-0.4, -0.2) is 82.9 Å². The van der Waals surface area contributed by atoms with Crippen LogP contribution in [0.2, 0.25) is 0 Å². The van der Waals surface area contributed by atoms with Crippen molar-refractivity contribution >= 4 is 29.0 Å². The number of carbonyl (C=O) groups is 1. The summed E-state index contributed by atoms with van der Waals surface area (Å²) >= 11 is 0. The van der Waals surface area contributed by atoms with Crippen LogP contribution in [0, 0.1) is 0 Å². The zero-order valence-corrected chi connectivity index (χ0v) is 24.3. The number of aromatic nitrogens is 4. The van der Waals surface area contributed by atoms with Crippen LogP contribution in [0.3, 0.4) is 0 Å². The van der Waals surface area contributed by atoms with Crippen LogP contribution in [0.25, 0.3) is 11.5 Å². The number of fused-ring (bicyclic) bond motifs is 1. The molecule has 3 aliphatic rings. The van der Waals surface area contributed by atoms with Gasteiger partial charge in [-0.05, 0) is 44.4 Å². The number of piperazine rings is 1. The maximum atomic E-state index is 13.2. The maximum absolute atomic E-state index is 13.2. The van der Waals surface area contributed by atoms with Crippen molar-refractivity contribution in [2.24, 2.45) is 0 Å². The highest BCUT2D eigenvalue weighted by molar-refractivity contribution is 6.04. The van der Waals surface area contributed by atoms with Crippen molar-refractivity contribution in [1.29, 1.82) is 0 Å². The Kier molecular flexibility index (Phi) is 7.76. The standard InChI is InChI=1S/C29H39N9O3/c1-5-22-28(39)36(3)23-15-31-29(33-26(23)38(22)20-8-6-7-9-20)32-21-11-10-19(14-24(21)40-4)27-35-34-25(41-27)17-37-13-12-30-18(2)16-37/h10-11,14-15,18,20,22,30H,5-9,12-13,16-17H2,1-4H3,(H,31,32,33). The third-order valence-corrected chi connectivity index (χ3v) is 8.39. The van der Waals surface area contributed by atoms with Crippen molar-refractivity contribution in [2.75, 3.05) is 48.9 Å². The highest BCUT2D eigenvalue weighted by Crippen LogP contribution is 2.40. The lowest BCUT2D eigenvalue weighted by Crippen LogP contribution is -2.55. The number of hydrogen-bond acceptors (Lipinski definition) is 11. The lowest BCUT2D eigenvalue weighted by molar-refractivity contribution is -0.120. The molecule has 2 N–H and O–H groups in total. The quantitative estimate of drug-likeness (QED) is 0.419. The molecule has 1 amide bonds. The SMILES string of the molecule is CCC1C(=O)N(C)c2cnc(Nc3ccc(-c4nnc(CN5CCNC(C)C5)o4)cc3OC)nc2N1C1CCCC1. The van der Waals surface area contributed by atoms with Gasteiger partial charge in [0.05, 0.1) is 25.5 Å². The minimum atomic E-state index is -0.221. The second kappa shape index (κ2) is 11.6. The topological polar surface area (TPSA) is 125 Å². The third-order valence-electron chi connectivity index (χ3n) is 8.39. The van der Waals surface area contributed by atoms with E-state index < -0.39 is 0 Å². The van der Waals surface area contributed by atoms with Crippen molar-refractivity contribution in [3.05, 3.63) is 30.3 Å². The van der Waals surface area contributed by atoms with E-state index in [2.05, 4.69) is 49.5 Å². The number of ether oxygens (including phenoxy) is 1. The average molecular weight is 562 g/mol. The fourth-order valence-corrected chi connectivity index (χ4v) is 6.27. The fraction of sp³-hybridized carbons (Fsp3) is 0.552. The number of nitrogens with zero attached hydrogens (tertiary/aromatic N) is 7. The Hall–Kier alpha value is -3.77. The lowest BCUT2D eigenvalue weighted by Gasteiger charge is -2.43. The fourth-order valence-electron chi connectivity index (χ4n) is 6.27. The number of hydrogen-bond donors (Lipinski definition) is 2. The van der Waals surface area contributed by atoms with Gasteiger partial charge in [0.2, 0.25) is 23.6 Å². The van der Waals surface area contributed by atoms with Gasteiger partial charge in [0.1, 0.15) is 17.5 Å². The van der Waals surface area contributed by atoms with Crippen LogP contribution < -0.4 is 25.2 Å². The van der Waals surface area contributed by atoms with Crippen LogP contribution in [0.1, 0.15) is 51.8 Å². The first-order valence-corrected chi connectivity index (χ1v) is 14.6. The van der Waals surface area contributed by atoms with E-state index in [1.54, 1.807) is 25.3 Å². The van der Waals surface area contributed by atoms with E-state index in [-0.39, 0.29) is 11.9 Å². The molecule has 6 rings (SSSR count). The molecule has 3 aromatic rings. The molecule has 4 heterocycles. The molecular formula is C29H39N9O3. The van der Waals surface area contributed by atoms with E-state index in [9.17, 15) is 4.79 Å². The van der Waals surface area contributed by atoms with Crippen molar-refractivity contribution < 1.29 is 13.9 Å². The summed E-state index contributed by atoms with van der Waals surface area (Å²) in [6.45, 7) is 7.72. The molecule has 1 aromatic carbocycles. The summed E-state index contributed by atoms with van der Waals surface area (Å²) in [5.41, 5.74) is 2.22. The molecule has 2 aromatic heterocycles. The van der Waals surface area contributed by atoms with Gasteiger partial charge in [0.25, 0.3) is 0 Å². The lowest BCUT2D eigenvalue weighted by atomic mass is 10.0. The summed E-state index contributed by atoms with van der Waals surface area (Å²) in [5.74, 6) is 2.99. The van der Waals surface area contributed by atoms with E-state index >= 15 is 0 Å². The predicted octanol–water partition coefficient (Wildman–Crippen LogP) is 3.58. The first-order valence-electron chi connectivity index (χ1n) is 14.6.